The molecule has 2 rings (SSSR count). The molecule has 0 atom stereocenters. The van der Waals surface area contributed by atoms with Crippen molar-refractivity contribution in [2.45, 2.75) is 19.8 Å². The molecule has 0 aromatic heterocycles. The summed E-state index contributed by atoms with van der Waals surface area (Å²) >= 11 is 0. The number of ether oxygens (including phenoxy) is 1. The minimum absolute atomic E-state index is 0.000847. The van der Waals surface area contributed by atoms with Crippen LogP contribution in [0.2, 0.25) is 0 Å². The summed E-state index contributed by atoms with van der Waals surface area (Å²) in [6.45, 7) is 3.08. The van der Waals surface area contributed by atoms with Gasteiger partial charge < -0.3 is 20.5 Å². The fourth-order valence-electron chi connectivity index (χ4n) is 2.26. The van der Waals surface area contributed by atoms with Gasteiger partial charge in [0.15, 0.2) is 5.78 Å². The Bertz CT molecular complexity index is 542. The Morgan fingerprint density at radius 3 is 2.95 bits per heavy atom. The number of nitrogen functional groups attached to an aromatic ring is 1. The second-order valence-corrected chi connectivity index (χ2v) is 4.64. The molecule has 6 heteroatoms. The van der Waals surface area contributed by atoms with Gasteiger partial charge in [0, 0.05) is 31.1 Å². The Hall–Kier alpha value is -2.24. The molecule has 1 heterocycles. The number of carbonyl (C=O) groups excluding carboxylic acids is 2. The number of aromatic hydroxyl groups is 1. The molecule has 1 aromatic carbocycles. The minimum Gasteiger partial charge on any atom is -0.506 e. The van der Waals surface area contributed by atoms with Crippen LogP contribution in [0.4, 0.5) is 11.4 Å². The molecule has 6 nitrogen and oxygen atoms in total. The number of phenols is 1. The monoisotopic (exact) mass is 278 g/mol. The number of esters is 1. The fraction of sp³-hybridized carbons (Fsp3) is 0.429. The molecule has 1 aromatic rings. The molecule has 0 spiro atoms. The van der Waals surface area contributed by atoms with Crippen LogP contribution in [-0.4, -0.2) is 36.6 Å². The number of carbonyl (C=O) groups is 2. The SMILES string of the molecule is CCOC(=O)CCN1CCC(=O)c2cc(N)c(O)cc21. The zero-order valence-electron chi connectivity index (χ0n) is 11.4. The van der Waals surface area contributed by atoms with Gasteiger partial charge in [-0.05, 0) is 13.0 Å². The quantitative estimate of drug-likeness (QED) is 0.490. The molecule has 1 aliphatic rings. The zero-order valence-corrected chi connectivity index (χ0v) is 11.4. The number of rotatable bonds is 4. The number of benzene rings is 1. The number of nitrogens with zero attached hydrogens (tertiary/aromatic N) is 1. The van der Waals surface area contributed by atoms with E-state index in [4.69, 9.17) is 10.5 Å². The fourth-order valence-corrected chi connectivity index (χ4v) is 2.26. The lowest BCUT2D eigenvalue weighted by molar-refractivity contribution is -0.142. The molecule has 0 aliphatic carbocycles. The number of Topliss-reactive ketones (excluding diaryl/α,β-unsaturated/α-hetero) is 1. The van der Waals surface area contributed by atoms with E-state index in [1.54, 1.807) is 6.92 Å². The number of phenolic OH excluding ortho intramolecular Hbond substituents is 1. The van der Waals surface area contributed by atoms with Gasteiger partial charge in [0.25, 0.3) is 0 Å². The molecule has 0 saturated heterocycles. The maximum Gasteiger partial charge on any atom is 0.307 e. The van der Waals surface area contributed by atoms with E-state index in [9.17, 15) is 14.7 Å². The zero-order chi connectivity index (χ0) is 14.7. The van der Waals surface area contributed by atoms with Gasteiger partial charge in [-0.15, -0.1) is 0 Å². The molecule has 0 fully saturated rings. The van der Waals surface area contributed by atoms with Crippen molar-refractivity contribution in [3.8, 4) is 5.75 Å². The number of fused-ring (bicyclic) bond motifs is 1. The largest absolute Gasteiger partial charge is 0.506 e. The molecule has 0 saturated carbocycles. The molecule has 20 heavy (non-hydrogen) atoms. The van der Waals surface area contributed by atoms with Crippen LogP contribution >= 0.6 is 0 Å². The third kappa shape index (κ3) is 2.84. The number of hydrogen-bond acceptors (Lipinski definition) is 6. The predicted octanol–water partition coefficient (Wildman–Crippen LogP) is 1.32. The maximum absolute atomic E-state index is 11.9. The summed E-state index contributed by atoms with van der Waals surface area (Å²) in [5, 5.41) is 9.69. The lowest BCUT2D eigenvalue weighted by Crippen LogP contribution is -2.34. The van der Waals surface area contributed by atoms with E-state index < -0.39 is 0 Å². The first-order valence-corrected chi connectivity index (χ1v) is 6.59. The van der Waals surface area contributed by atoms with Crippen LogP contribution in [0.15, 0.2) is 12.1 Å². The van der Waals surface area contributed by atoms with E-state index in [-0.39, 0.29) is 29.6 Å². The summed E-state index contributed by atoms with van der Waals surface area (Å²) in [5.74, 6) is -0.329. The maximum atomic E-state index is 11.9. The van der Waals surface area contributed by atoms with Crippen molar-refractivity contribution in [2.75, 3.05) is 30.3 Å². The molecule has 1 aliphatic heterocycles. The lowest BCUT2D eigenvalue weighted by atomic mass is 9.99. The highest BCUT2D eigenvalue weighted by molar-refractivity contribution is 6.04. The van der Waals surface area contributed by atoms with Crippen LogP contribution in [0.25, 0.3) is 0 Å². The first kappa shape index (κ1) is 14.2. The van der Waals surface area contributed by atoms with Gasteiger partial charge >= 0.3 is 5.97 Å². The summed E-state index contributed by atoms with van der Waals surface area (Å²) in [4.78, 5) is 25.2. The molecule has 0 bridgehead atoms. The van der Waals surface area contributed by atoms with Gasteiger partial charge in [-0.3, -0.25) is 9.59 Å². The Balaban J connectivity index is 2.18. The highest BCUT2D eigenvalue weighted by atomic mass is 16.5. The standard InChI is InChI=1S/C14H18N2O4/c1-2-20-14(19)4-6-16-5-3-12(17)9-7-10(15)13(18)8-11(9)16/h7-8,18H,2-6,15H2,1H3. The molecular weight excluding hydrogens is 260 g/mol. The third-order valence-corrected chi connectivity index (χ3v) is 3.29. The Morgan fingerprint density at radius 1 is 1.50 bits per heavy atom. The first-order chi connectivity index (χ1) is 9.52. The van der Waals surface area contributed by atoms with E-state index in [0.717, 1.165) is 0 Å². The second kappa shape index (κ2) is 5.81. The molecule has 0 amide bonds. The summed E-state index contributed by atoms with van der Waals surface area (Å²) in [7, 11) is 0. The van der Waals surface area contributed by atoms with Crippen LogP contribution in [0, 0.1) is 0 Å². The van der Waals surface area contributed by atoms with Crippen molar-refractivity contribution in [3.63, 3.8) is 0 Å². The van der Waals surface area contributed by atoms with E-state index in [1.807, 2.05) is 4.90 Å². The highest BCUT2D eigenvalue weighted by Gasteiger charge is 2.25. The number of anilines is 2. The first-order valence-electron chi connectivity index (χ1n) is 6.59. The van der Waals surface area contributed by atoms with Gasteiger partial charge in [-0.2, -0.15) is 0 Å². The van der Waals surface area contributed by atoms with Crippen LogP contribution in [0.3, 0.4) is 0 Å². The van der Waals surface area contributed by atoms with E-state index >= 15 is 0 Å². The average molecular weight is 278 g/mol. The van der Waals surface area contributed by atoms with Gasteiger partial charge in [0.05, 0.1) is 24.4 Å². The molecule has 0 radical (unpaired) electrons. The Morgan fingerprint density at radius 2 is 2.25 bits per heavy atom. The second-order valence-electron chi connectivity index (χ2n) is 4.64. The van der Waals surface area contributed by atoms with Crippen molar-refractivity contribution in [2.24, 2.45) is 0 Å². The van der Waals surface area contributed by atoms with E-state index in [1.165, 1.54) is 12.1 Å². The summed E-state index contributed by atoms with van der Waals surface area (Å²) in [6.07, 6.45) is 0.618. The minimum atomic E-state index is -0.273. The van der Waals surface area contributed by atoms with Gasteiger partial charge in [0.2, 0.25) is 0 Å². The van der Waals surface area contributed by atoms with E-state index in [0.29, 0.717) is 37.4 Å². The van der Waals surface area contributed by atoms with Gasteiger partial charge in [-0.25, -0.2) is 0 Å². The molecule has 108 valence electrons. The normalized spacial score (nSPS) is 14.1. The van der Waals surface area contributed by atoms with Crippen molar-refractivity contribution in [1.29, 1.82) is 0 Å². The summed E-state index contributed by atoms with van der Waals surface area (Å²) < 4.78 is 4.88. The van der Waals surface area contributed by atoms with E-state index in [2.05, 4.69) is 0 Å². The summed E-state index contributed by atoms with van der Waals surface area (Å²) in [5.41, 5.74) is 6.92. The topological polar surface area (TPSA) is 92.9 Å². The van der Waals surface area contributed by atoms with Crippen molar-refractivity contribution < 1.29 is 19.4 Å². The Labute approximate surface area is 117 Å². The van der Waals surface area contributed by atoms with Gasteiger partial charge in [-0.1, -0.05) is 0 Å². The molecule has 0 unspecified atom stereocenters. The van der Waals surface area contributed by atoms with Crippen LogP contribution in [-0.2, 0) is 9.53 Å². The van der Waals surface area contributed by atoms with Crippen molar-refractivity contribution in [1.82, 2.24) is 0 Å². The third-order valence-electron chi connectivity index (χ3n) is 3.29. The molecule has 3 N–H and O–H groups in total. The summed E-state index contributed by atoms with van der Waals surface area (Å²) in [6, 6.07) is 2.97. The molecular formula is C14H18N2O4. The van der Waals surface area contributed by atoms with Crippen LogP contribution in [0.1, 0.15) is 30.1 Å². The predicted molar refractivity (Wildman–Crippen MR) is 74.9 cm³/mol. The highest BCUT2D eigenvalue weighted by Crippen LogP contribution is 2.34. The number of ketones is 1. The number of nitrogens with two attached hydrogens (primary N) is 1. The van der Waals surface area contributed by atoms with Crippen LogP contribution < -0.4 is 10.6 Å². The average Bonchev–Trinajstić information content (AvgIpc) is 2.41. The van der Waals surface area contributed by atoms with Crippen molar-refractivity contribution >= 4 is 23.1 Å². The lowest BCUT2D eigenvalue weighted by Gasteiger charge is -2.30. The Kier molecular flexibility index (Phi) is 4.12. The van der Waals surface area contributed by atoms with Crippen LogP contribution in [0.5, 0.6) is 5.75 Å². The van der Waals surface area contributed by atoms with Crippen molar-refractivity contribution in [3.05, 3.63) is 17.7 Å². The smallest absolute Gasteiger partial charge is 0.307 e. The number of hydrogen-bond donors (Lipinski definition) is 2. The van der Waals surface area contributed by atoms with Gasteiger partial charge in [0.1, 0.15) is 5.75 Å².